The quantitative estimate of drug-likeness (QED) is 0.828. The van der Waals surface area contributed by atoms with E-state index in [-0.39, 0.29) is 6.04 Å². The number of hydrogen-bond acceptors (Lipinski definition) is 3. The fourth-order valence-corrected chi connectivity index (χ4v) is 4.05. The maximum absolute atomic E-state index is 10.3. The molecule has 2 aliphatic rings. The van der Waals surface area contributed by atoms with Crippen LogP contribution in [-0.2, 0) is 0 Å². The molecule has 0 spiro atoms. The van der Waals surface area contributed by atoms with Crippen LogP contribution >= 0.6 is 0 Å². The number of benzene rings is 1. The fraction of sp³-hybridized carbons (Fsp3) is 0.647. The molecule has 1 aliphatic heterocycles. The highest BCUT2D eigenvalue weighted by molar-refractivity contribution is 5.51. The Kier molecular flexibility index (Phi) is 3.51. The number of aryl methyl sites for hydroxylation is 1. The van der Waals surface area contributed by atoms with Gasteiger partial charge in [-0.2, -0.15) is 0 Å². The molecule has 3 rings (SSSR count). The zero-order chi connectivity index (χ0) is 14.4. The molecule has 1 saturated heterocycles. The van der Waals surface area contributed by atoms with Crippen molar-refractivity contribution in [2.75, 3.05) is 13.1 Å². The number of piperidine rings is 1. The van der Waals surface area contributed by atoms with Crippen LogP contribution in [0.25, 0.3) is 0 Å². The predicted molar refractivity (Wildman–Crippen MR) is 81.9 cm³/mol. The van der Waals surface area contributed by atoms with Crippen molar-refractivity contribution in [3.8, 4) is 5.75 Å². The van der Waals surface area contributed by atoms with Crippen LogP contribution < -0.4 is 5.73 Å². The van der Waals surface area contributed by atoms with Crippen LogP contribution in [0.2, 0.25) is 0 Å². The molecule has 0 aromatic heterocycles. The number of hydrogen-bond donors (Lipinski definition) is 2. The topological polar surface area (TPSA) is 49.5 Å². The lowest BCUT2D eigenvalue weighted by atomic mass is 9.92. The van der Waals surface area contributed by atoms with Gasteiger partial charge >= 0.3 is 0 Å². The molecular formula is C17H26N2O. The number of likely N-dealkylation sites (tertiary alicyclic amines) is 1. The van der Waals surface area contributed by atoms with E-state index in [2.05, 4.69) is 25.7 Å². The standard InChI is InChI=1S/C17H26N2O/c1-10-6-7-19(9-13(10)18)14-8-12(3)16-11(2)4-5-15(20)17(14)16/h4-5,10,12-14,20H,6-9,18H2,1-3H3. The number of nitrogens with zero attached hydrogens (tertiary/aromatic N) is 1. The molecule has 1 aromatic carbocycles. The molecule has 0 bridgehead atoms. The van der Waals surface area contributed by atoms with E-state index >= 15 is 0 Å². The Labute approximate surface area is 121 Å². The van der Waals surface area contributed by atoms with Crippen LogP contribution in [0.3, 0.4) is 0 Å². The highest BCUT2D eigenvalue weighted by Gasteiger charge is 2.38. The minimum absolute atomic E-state index is 0.259. The molecule has 20 heavy (non-hydrogen) atoms. The molecule has 1 fully saturated rings. The van der Waals surface area contributed by atoms with Crippen molar-refractivity contribution in [2.24, 2.45) is 11.7 Å². The predicted octanol–water partition coefficient (Wildman–Crippen LogP) is 2.92. The highest BCUT2D eigenvalue weighted by atomic mass is 16.3. The van der Waals surface area contributed by atoms with E-state index in [9.17, 15) is 5.11 Å². The van der Waals surface area contributed by atoms with E-state index in [0.29, 0.717) is 23.6 Å². The van der Waals surface area contributed by atoms with E-state index in [1.807, 2.05) is 12.1 Å². The summed E-state index contributed by atoms with van der Waals surface area (Å²) in [5, 5.41) is 10.3. The van der Waals surface area contributed by atoms with Crippen LogP contribution in [0.15, 0.2) is 12.1 Å². The van der Waals surface area contributed by atoms with Crippen molar-refractivity contribution in [1.82, 2.24) is 4.90 Å². The summed E-state index contributed by atoms with van der Waals surface area (Å²) in [6, 6.07) is 4.50. The van der Waals surface area contributed by atoms with Crippen molar-refractivity contribution in [3.63, 3.8) is 0 Å². The Morgan fingerprint density at radius 3 is 2.70 bits per heavy atom. The van der Waals surface area contributed by atoms with Gasteiger partial charge in [0.2, 0.25) is 0 Å². The molecule has 0 saturated carbocycles. The average Bonchev–Trinajstić information content (AvgIpc) is 2.76. The van der Waals surface area contributed by atoms with Crippen LogP contribution in [0.4, 0.5) is 0 Å². The monoisotopic (exact) mass is 274 g/mol. The molecule has 3 N–H and O–H groups in total. The van der Waals surface area contributed by atoms with E-state index in [1.54, 1.807) is 0 Å². The summed E-state index contributed by atoms with van der Waals surface area (Å²) >= 11 is 0. The van der Waals surface area contributed by atoms with Crippen LogP contribution in [0.5, 0.6) is 5.75 Å². The molecule has 110 valence electrons. The van der Waals surface area contributed by atoms with Gasteiger partial charge in [-0.3, -0.25) is 4.90 Å². The van der Waals surface area contributed by atoms with Gasteiger partial charge in [0.05, 0.1) is 0 Å². The number of nitrogens with two attached hydrogens (primary N) is 1. The molecule has 3 heteroatoms. The third-order valence-electron chi connectivity index (χ3n) is 5.37. The third-order valence-corrected chi connectivity index (χ3v) is 5.37. The minimum atomic E-state index is 0.259. The lowest BCUT2D eigenvalue weighted by Gasteiger charge is -2.39. The second kappa shape index (κ2) is 5.05. The average molecular weight is 274 g/mol. The van der Waals surface area contributed by atoms with Gasteiger partial charge in [-0.05, 0) is 55.3 Å². The largest absolute Gasteiger partial charge is 0.508 e. The van der Waals surface area contributed by atoms with E-state index in [4.69, 9.17) is 5.73 Å². The van der Waals surface area contributed by atoms with Gasteiger partial charge in [-0.15, -0.1) is 0 Å². The first-order valence-electron chi connectivity index (χ1n) is 7.81. The Balaban J connectivity index is 1.93. The number of fused-ring (bicyclic) bond motifs is 1. The molecule has 3 nitrogen and oxygen atoms in total. The van der Waals surface area contributed by atoms with Gasteiger partial charge in [-0.25, -0.2) is 0 Å². The van der Waals surface area contributed by atoms with Gasteiger partial charge in [0.25, 0.3) is 0 Å². The first kappa shape index (κ1) is 13.9. The van der Waals surface area contributed by atoms with Crippen LogP contribution in [-0.4, -0.2) is 29.1 Å². The second-order valence-electron chi connectivity index (χ2n) is 6.81. The minimum Gasteiger partial charge on any atom is -0.508 e. The van der Waals surface area contributed by atoms with Crippen molar-refractivity contribution < 1.29 is 5.11 Å². The van der Waals surface area contributed by atoms with E-state index in [1.165, 1.54) is 16.7 Å². The maximum atomic E-state index is 10.3. The lowest BCUT2D eigenvalue weighted by Crippen LogP contribution is -2.48. The van der Waals surface area contributed by atoms with Gasteiger partial charge in [0.15, 0.2) is 0 Å². The SMILES string of the molecule is Cc1ccc(O)c2c1C(C)CC2N1CCC(C)C(N)C1. The maximum Gasteiger partial charge on any atom is 0.120 e. The normalized spacial score (nSPS) is 34.2. The van der Waals surface area contributed by atoms with Gasteiger partial charge in [-0.1, -0.05) is 19.9 Å². The Hall–Kier alpha value is -1.06. The highest BCUT2D eigenvalue weighted by Crippen LogP contribution is 2.49. The summed E-state index contributed by atoms with van der Waals surface area (Å²) in [5.41, 5.74) is 10.1. The fourth-order valence-electron chi connectivity index (χ4n) is 4.05. The molecule has 0 radical (unpaired) electrons. The molecule has 1 aliphatic carbocycles. The smallest absolute Gasteiger partial charge is 0.120 e. The van der Waals surface area contributed by atoms with E-state index in [0.717, 1.165) is 25.9 Å². The number of rotatable bonds is 1. The zero-order valence-corrected chi connectivity index (χ0v) is 12.8. The summed E-state index contributed by atoms with van der Waals surface area (Å²) < 4.78 is 0. The molecule has 4 unspecified atom stereocenters. The van der Waals surface area contributed by atoms with Crippen LogP contribution in [0, 0.1) is 12.8 Å². The Morgan fingerprint density at radius 2 is 2.00 bits per heavy atom. The summed E-state index contributed by atoms with van der Waals surface area (Å²) in [7, 11) is 0. The molecule has 1 heterocycles. The first-order chi connectivity index (χ1) is 9.49. The second-order valence-corrected chi connectivity index (χ2v) is 6.81. The summed E-state index contributed by atoms with van der Waals surface area (Å²) in [5.74, 6) is 1.60. The Bertz CT molecular complexity index is 514. The van der Waals surface area contributed by atoms with Gasteiger partial charge in [0, 0.05) is 24.2 Å². The van der Waals surface area contributed by atoms with Crippen molar-refractivity contribution in [1.29, 1.82) is 0 Å². The van der Waals surface area contributed by atoms with Crippen molar-refractivity contribution >= 4 is 0 Å². The molecule has 0 amide bonds. The van der Waals surface area contributed by atoms with Crippen LogP contribution in [0.1, 0.15) is 55.3 Å². The van der Waals surface area contributed by atoms with Crippen molar-refractivity contribution in [2.45, 2.75) is 51.6 Å². The first-order valence-corrected chi connectivity index (χ1v) is 7.81. The number of phenols is 1. The van der Waals surface area contributed by atoms with Gasteiger partial charge < -0.3 is 10.8 Å². The molecule has 4 atom stereocenters. The zero-order valence-electron chi connectivity index (χ0n) is 12.8. The third kappa shape index (κ3) is 2.13. The van der Waals surface area contributed by atoms with Crippen molar-refractivity contribution in [3.05, 3.63) is 28.8 Å². The number of phenolic OH excluding ortho intramolecular Hbond substituents is 1. The summed E-state index contributed by atoms with van der Waals surface area (Å²) in [4.78, 5) is 2.49. The molecular weight excluding hydrogens is 248 g/mol. The number of aromatic hydroxyl groups is 1. The summed E-state index contributed by atoms with van der Waals surface area (Å²) in [6.45, 7) is 8.72. The van der Waals surface area contributed by atoms with E-state index < -0.39 is 0 Å². The molecule has 1 aromatic rings. The lowest BCUT2D eigenvalue weighted by molar-refractivity contribution is 0.116. The van der Waals surface area contributed by atoms with Gasteiger partial charge in [0.1, 0.15) is 5.75 Å². The summed E-state index contributed by atoms with van der Waals surface area (Å²) in [6.07, 6.45) is 2.27. The Morgan fingerprint density at radius 1 is 1.25 bits per heavy atom.